The molecule has 1 saturated heterocycles. The van der Waals surface area contributed by atoms with Gasteiger partial charge in [0.15, 0.2) is 0 Å². The van der Waals surface area contributed by atoms with Crippen LogP contribution in [0.4, 0.5) is 0 Å². The Labute approximate surface area is 106 Å². The molecular formula is C16H27N. The first-order valence-corrected chi connectivity index (χ1v) is 8.03. The Hall–Kier alpha value is -0.0400. The summed E-state index contributed by atoms with van der Waals surface area (Å²) in [7, 11) is 0. The summed E-state index contributed by atoms with van der Waals surface area (Å²) in [6, 6.07) is 0.973. The van der Waals surface area contributed by atoms with Gasteiger partial charge in [-0.05, 0) is 87.6 Å². The van der Waals surface area contributed by atoms with Crippen LogP contribution in [-0.4, -0.2) is 24.0 Å². The van der Waals surface area contributed by atoms with E-state index in [0.29, 0.717) is 0 Å². The smallest absolute Gasteiger partial charge is 0.0152 e. The molecule has 1 heteroatoms. The van der Waals surface area contributed by atoms with Crippen molar-refractivity contribution in [3.63, 3.8) is 0 Å². The first-order chi connectivity index (χ1) is 8.29. The topological polar surface area (TPSA) is 3.24 Å². The first kappa shape index (κ1) is 10.8. The average Bonchev–Trinajstić information content (AvgIpc) is 2.75. The van der Waals surface area contributed by atoms with Crippen LogP contribution in [-0.2, 0) is 0 Å². The quantitative estimate of drug-likeness (QED) is 0.703. The summed E-state index contributed by atoms with van der Waals surface area (Å²) in [5.74, 6) is 3.38. The largest absolute Gasteiger partial charge is 0.300 e. The molecule has 0 radical (unpaired) electrons. The molecule has 4 aliphatic carbocycles. The fourth-order valence-electron chi connectivity index (χ4n) is 6.48. The highest BCUT2D eigenvalue weighted by molar-refractivity contribution is 5.07. The van der Waals surface area contributed by atoms with Gasteiger partial charge in [0.1, 0.15) is 0 Å². The molecule has 4 bridgehead atoms. The standard InChI is InChI=1S/C16H27N/c1-2-17-5-3-4-15(17)16-9-12-6-13(10-16)8-14(7-12)11-16/h12-15H,2-11H2,1H3/t12?,13?,14?,15-,16?/m1/s1. The Morgan fingerprint density at radius 1 is 1.00 bits per heavy atom. The lowest BCUT2D eigenvalue weighted by Gasteiger charge is -2.60. The number of rotatable bonds is 2. The summed E-state index contributed by atoms with van der Waals surface area (Å²) in [4.78, 5) is 2.83. The summed E-state index contributed by atoms with van der Waals surface area (Å²) in [6.45, 7) is 5.06. The lowest BCUT2D eigenvalue weighted by atomic mass is 9.47. The van der Waals surface area contributed by atoms with Gasteiger partial charge in [-0.3, -0.25) is 0 Å². The normalized spacial score (nSPS) is 53.5. The Morgan fingerprint density at radius 3 is 2.12 bits per heavy atom. The van der Waals surface area contributed by atoms with Crippen LogP contribution >= 0.6 is 0 Å². The molecule has 96 valence electrons. The molecule has 1 nitrogen and oxygen atoms in total. The van der Waals surface area contributed by atoms with Crippen LogP contribution in [0.25, 0.3) is 0 Å². The van der Waals surface area contributed by atoms with Crippen LogP contribution in [0.5, 0.6) is 0 Å². The number of hydrogen-bond acceptors (Lipinski definition) is 1. The van der Waals surface area contributed by atoms with Crippen LogP contribution in [0.1, 0.15) is 58.3 Å². The van der Waals surface area contributed by atoms with Gasteiger partial charge in [0.25, 0.3) is 0 Å². The summed E-state index contributed by atoms with van der Waals surface area (Å²) in [5, 5.41) is 0. The molecule has 1 heterocycles. The van der Waals surface area contributed by atoms with Gasteiger partial charge in [0.05, 0.1) is 0 Å². The van der Waals surface area contributed by atoms with E-state index < -0.39 is 0 Å². The van der Waals surface area contributed by atoms with E-state index in [1.807, 2.05) is 0 Å². The maximum Gasteiger partial charge on any atom is 0.0152 e. The highest BCUT2D eigenvalue weighted by Crippen LogP contribution is 2.62. The fourth-order valence-corrected chi connectivity index (χ4v) is 6.48. The van der Waals surface area contributed by atoms with Crippen molar-refractivity contribution in [2.75, 3.05) is 13.1 Å². The molecular weight excluding hydrogens is 206 g/mol. The van der Waals surface area contributed by atoms with E-state index in [4.69, 9.17) is 0 Å². The highest BCUT2D eigenvalue weighted by Gasteiger charge is 2.55. The minimum atomic E-state index is 0.779. The van der Waals surface area contributed by atoms with Gasteiger partial charge in [-0.2, -0.15) is 0 Å². The Bertz CT molecular complexity index is 273. The van der Waals surface area contributed by atoms with E-state index in [9.17, 15) is 0 Å². The minimum absolute atomic E-state index is 0.779. The molecule has 5 aliphatic rings. The molecule has 0 spiro atoms. The average molecular weight is 233 g/mol. The third-order valence-corrected chi connectivity index (χ3v) is 6.56. The molecule has 0 unspecified atom stereocenters. The van der Waals surface area contributed by atoms with E-state index in [0.717, 1.165) is 29.2 Å². The van der Waals surface area contributed by atoms with E-state index in [1.165, 1.54) is 25.9 Å². The lowest BCUT2D eigenvalue weighted by molar-refractivity contribution is -0.0920. The molecule has 1 atom stereocenters. The molecule has 0 aromatic carbocycles. The van der Waals surface area contributed by atoms with Crippen molar-refractivity contribution in [2.45, 2.75) is 64.3 Å². The van der Waals surface area contributed by atoms with Crippen LogP contribution in [0, 0.1) is 23.2 Å². The second kappa shape index (κ2) is 3.73. The van der Waals surface area contributed by atoms with Gasteiger partial charge in [0.2, 0.25) is 0 Å². The van der Waals surface area contributed by atoms with Crippen molar-refractivity contribution in [1.29, 1.82) is 0 Å². The van der Waals surface area contributed by atoms with Gasteiger partial charge < -0.3 is 4.90 Å². The van der Waals surface area contributed by atoms with Gasteiger partial charge in [0, 0.05) is 6.04 Å². The van der Waals surface area contributed by atoms with E-state index in [2.05, 4.69) is 11.8 Å². The monoisotopic (exact) mass is 233 g/mol. The molecule has 17 heavy (non-hydrogen) atoms. The summed E-state index contributed by atoms with van der Waals surface area (Å²) >= 11 is 0. The minimum Gasteiger partial charge on any atom is -0.300 e. The van der Waals surface area contributed by atoms with E-state index in [-0.39, 0.29) is 0 Å². The maximum absolute atomic E-state index is 2.83. The first-order valence-electron chi connectivity index (χ1n) is 8.03. The van der Waals surface area contributed by atoms with Crippen LogP contribution in [0.3, 0.4) is 0 Å². The molecule has 1 aliphatic heterocycles. The lowest BCUT2D eigenvalue weighted by Crippen LogP contribution is -2.55. The fraction of sp³-hybridized carbons (Fsp3) is 1.00. The van der Waals surface area contributed by atoms with Crippen molar-refractivity contribution in [2.24, 2.45) is 23.2 Å². The molecule has 0 amide bonds. The van der Waals surface area contributed by atoms with Crippen molar-refractivity contribution in [1.82, 2.24) is 4.90 Å². The van der Waals surface area contributed by atoms with Crippen molar-refractivity contribution < 1.29 is 0 Å². The summed E-state index contributed by atoms with van der Waals surface area (Å²) < 4.78 is 0. The van der Waals surface area contributed by atoms with Crippen LogP contribution in [0.2, 0.25) is 0 Å². The summed E-state index contributed by atoms with van der Waals surface area (Å²) in [5.41, 5.74) is 0.779. The Morgan fingerprint density at radius 2 is 1.59 bits per heavy atom. The molecule has 0 aromatic rings. The van der Waals surface area contributed by atoms with E-state index in [1.54, 1.807) is 38.5 Å². The van der Waals surface area contributed by atoms with Gasteiger partial charge in [-0.25, -0.2) is 0 Å². The Balaban J connectivity index is 1.63. The van der Waals surface area contributed by atoms with Crippen LogP contribution in [0.15, 0.2) is 0 Å². The number of hydrogen-bond donors (Lipinski definition) is 0. The molecule has 4 saturated carbocycles. The zero-order chi connectivity index (χ0) is 11.5. The second-order valence-corrected chi connectivity index (χ2v) is 7.57. The van der Waals surface area contributed by atoms with Gasteiger partial charge in [-0.15, -0.1) is 0 Å². The zero-order valence-corrected chi connectivity index (χ0v) is 11.3. The molecule has 0 aromatic heterocycles. The van der Waals surface area contributed by atoms with Crippen molar-refractivity contribution >= 4 is 0 Å². The second-order valence-electron chi connectivity index (χ2n) is 7.57. The third-order valence-electron chi connectivity index (χ3n) is 6.56. The summed E-state index contributed by atoms with van der Waals surface area (Å²) in [6.07, 6.45) is 12.6. The zero-order valence-electron chi connectivity index (χ0n) is 11.3. The SMILES string of the molecule is CCN1CCC[C@@H]1C12CC3CC(CC(C3)C1)C2. The predicted octanol–water partition coefficient (Wildman–Crippen LogP) is 3.69. The Kier molecular flexibility index (Phi) is 2.38. The van der Waals surface area contributed by atoms with Crippen molar-refractivity contribution in [3.8, 4) is 0 Å². The van der Waals surface area contributed by atoms with E-state index >= 15 is 0 Å². The van der Waals surface area contributed by atoms with Gasteiger partial charge in [-0.1, -0.05) is 6.92 Å². The highest BCUT2D eigenvalue weighted by atomic mass is 15.2. The molecule has 5 rings (SSSR count). The predicted molar refractivity (Wildman–Crippen MR) is 70.9 cm³/mol. The van der Waals surface area contributed by atoms with Crippen LogP contribution < -0.4 is 0 Å². The van der Waals surface area contributed by atoms with Crippen molar-refractivity contribution in [3.05, 3.63) is 0 Å². The molecule has 0 N–H and O–H groups in total. The van der Waals surface area contributed by atoms with Gasteiger partial charge >= 0.3 is 0 Å². The number of likely N-dealkylation sites (tertiary alicyclic amines) is 1. The maximum atomic E-state index is 2.83. The molecule has 5 fully saturated rings. The number of nitrogens with zero attached hydrogens (tertiary/aromatic N) is 1. The third kappa shape index (κ3) is 1.54.